The van der Waals surface area contributed by atoms with Crippen molar-refractivity contribution in [2.75, 3.05) is 0 Å². The van der Waals surface area contributed by atoms with E-state index < -0.39 is 0 Å². The van der Waals surface area contributed by atoms with Crippen LogP contribution in [0.25, 0.3) is 22.3 Å². The third-order valence-electron chi connectivity index (χ3n) is 4.86. The lowest BCUT2D eigenvalue weighted by Crippen LogP contribution is -2.21. The summed E-state index contributed by atoms with van der Waals surface area (Å²) in [5.74, 6) is 0.694. The van der Waals surface area contributed by atoms with Gasteiger partial charge in [-0.05, 0) is 41.6 Å². The van der Waals surface area contributed by atoms with Gasteiger partial charge in [0, 0.05) is 31.8 Å². The highest BCUT2D eigenvalue weighted by molar-refractivity contribution is 5.83. The number of pyridine rings is 2. The zero-order valence-electron chi connectivity index (χ0n) is 14.8. The van der Waals surface area contributed by atoms with Gasteiger partial charge in [0.05, 0.1) is 17.1 Å². The second kappa shape index (κ2) is 6.59. The van der Waals surface area contributed by atoms with Crippen LogP contribution in [0.3, 0.4) is 0 Å². The molecule has 0 radical (unpaired) electrons. The molecule has 0 N–H and O–H groups in total. The summed E-state index contributed by atoms with van der Waals surface area (Å²) in [4.78, 5) is 21.6. The second-order valence-corrected chi connectivity index (χ2v) is 6.34. The first-order chi connectivity index (χ1) is 12.7. The lowest BCUT2D eigenvalue weighted by atomic mass is 10.0. The molecule has 0 bridgehead atoms. The Bertz CT molecular complexity index is 1110. The van der Waals surface area contributed by atoms with Crippen molar-refractivity contribution in [2.24, 2.45) is 7.05 Å². The molecule has 5 heteroatoms. The number of benzene rings is 1. The van der Waals surface area contributed by atoms with Crippen LogP contribution in [0.5, 0.6) is 0 Å². The van der Waals surface area contributed by atoms with Gasteiger partial charge in [-0.2, -0.15) is 0 Å². The van der Waals surface area contributed by atoms with Gasteiger partial charge in [0.25, 0.3) is 5.56 Å². The van der Waals surface area contributed by atoms with Crippen molar-refractivity contribution in [3.8, 4) is 11.4 Å². The summed E-state index contributed by atoms with van der Waals surface area (Å²) in [6, 6.07) is 14.0. The summed E-state index contributed by atoms with van der Waals surface area (Å²) in [6.45, 7) is 2.13. The van der Waals surface area contributed by atoms with Crippen molar-refractivity contribution in [1.29, 1.82) is 0 Å². The van der Waals surface area contributed by atoms with Crippen LogP contribution < -0.4 is 5.56 Å². The van der Waals surface area contributed by atoms with Crippen molar-refractivity contribution in [3.05, 3.63) is 83.2 Å². The van der Waals surface area contributed by atoms with Crippen molar-refractivity contribution >= 4 is 10.9 Å². The average Bonchev–Trinajstić information content (AvgIpc) is 3.15. The Kier molecular flexibility index (Phi) is 4.13. The van der Waals surface area contributed by atoms with Crippen LogP contribution in [0.1, 0.15) is 24.9 Å². The highest BCUT2D eigenvalue weighted by Crippen LogP contribution is 2.27. The van der Waals surface area contributed by atoms with E-state index in [1.807, 2.05) is 55.7 Å². The van der Waals surface area contributed by atoms with Gasteiger partial charge in [-0.15, -0.1) is 0 Å². The quantitative estimate of drug-likeness (QED) is 0.566. The SMILES string of the molecule is CCC(c1ccncc1)n1ccnc1-c1cc2ccccc2n(C)c1=O. The number of hydrogen-bond donors (Lipinski definition) is 0. The van der Waals surface area contributed by atoms with E-state index in [0.29, 0.717) is 11.4 Å². The number of nitrogens with zero attached hydrogens (tertiary/aromatic N) is 4. The fourth-order valence-electron chi connectivity index (χ4n) is 3.53. The first-order valence-corrected chi connectivity index (χ1v) is 8.72. The summed E-state index contributed by atoms with van der Waals surface area (Å²) in [6.07, 6.45) is 8.18. The molecule has 130 valence electrons. The van der Waals surface area contributed by atoms with E-state index in [2.05, 4.69) is 21.5 Å². The summed E-state index contributed by atoms with van der Waals surface area (Å²) < 4.78 is 3.78. The molecule has 1 atom stereocenters. The minimum Gasteiger partial charge on any atom is -0.323 e. The molecule has 3 heterocycles. The van der Waals surface area contributed by atoms with E-state index in [9.17, 15) is 4.79 Å². The normalized spacial score (nSPS) is 12.4. The number of aromatic nitrogens is 4. The maximum atomic E-state index is 13.0. The van der Waals surface area contributed by atoms with E-state index in [4.69, 9.17) is 0 Å². The van der Waals surface area contributed by atoms with Gasteiger partial charge in [0.1, 0.15) is 5.82 Å². The molecular weight excluding hydrogens is 324 g/mol. The molecule has 0 aliphatic carbocycles. The molecule has 0 saturated heterocycles. The van der Waals surface area contributed by atoms with Gasteiger partial charge in [0.15, 0.2) is 0 Å². The molecule has 0 fully saturated rings. The summed E-state index contributed by atoms with van der Waals surface area (Å²) in [7, 11) is 1.81. The molecule has 5 nitrogen and oxygen atoms in total. The van der Waals surface area contributed by atoms with Crippen LogP contribution in [-0.4, -0.2) is 19.1 Å². The van der Waals surface area contributed by atoms with E-state index in [0.717, 1.165) is 22.9 Å². The standard InChI is InChI=1S/C21H20N4O/c1-3-18(15-8-10-22-11-9-15)25-13-12-23-20(25)17-14-16-6-4-5-7-19(16)24(2)21(17)26/h4-14,18H,3H2,1-2H3. The molecule has 0 amide bonds. The molecule has 4 rings (SSSR count). The van der Waals surface area contributed by atoms with E-state index in [1.165, 1.54) is 0 Å². The zero-order valence-corrected chi connectivity index (χ0v) is 14.8. The third kappa shape index (κ3) is 2.62. The number of fused-ring (bicyclic) bond motifs is 1. The molecule has 0 aliphatic heterocycles. The first-order valence-electron chi connectivity index (χ1n) is 8.72. The summed E-state index contributed by atoms with van der Waals surface area (Å²) in [5, 5.41) is 1.02. The van der Waals surface area contributed by atoms with Gasteiger partial charge in [-0.1, -0.05) is 25.1 Å². The Labute approximate surface area is 151 Å². The minimum atomic E-state index is -0.0410. The van der Waals surface area contributed by atoms with Crippen molar-refractivity contribution in [2.45, 2.75) is 19.4 Å². The van der Waals surface area contributed by atoms with Gasteiger partial charge in [-0.3, -0.25) is 9.78 Å². The van der Waals surface area contributed by atoms with Crippen LogP contribution >= 0.6 is 0 Å². The highest BCUT2D eigenvalue weighted by Gasteiger charge is 2.19. The fourth-order valence-corrected chi connectivity index (χ4v) is 3.53. The molecule has 0 saturated carbocycles. The average molecular weight is 344 g/mol. The maximum Gasteiger partial charge on any atom is 0.261 e. The monoisotopic (exact) mass is 344 g/mol. The summed E-state index contributed by atoms with van der Waals surface area (Å²) in [5.41, 5.74) is 2.64. The molecule has 1 aromatic carbocycles. The second-order valence-electron chi connectivity index (χ2n) is 6.34. The van der Waals surface area contributed by atoms with E-state index in [-0.39, 0.29) is 11.6 Å². The first kappa shape index (κ1) is 16.3. The lowest BCUT2D eigenvalue weighted by Gasteiger charge is -2.20. The predicted molar refractivity (Wildman–Crippen MR) is 103 cm³/mol. The lowest BCUT2D eigenvalue weighted by molar-refractivity contribution is 0.571. The Morgan fingerprint density at radius 1 is 1.08 bits per heavy atom. The fraction of sp³-hybridized carbons (Fsp3) is 0.190. The van der Waals surface area contributed by atoms with Crippen LogP contribution in [0.15, 0.2) is 72.0 Å². The van der Waals surface area contributed by atoms with E-state index in [1.54, 1.807) is 23.2 Å². The Balaban J connectivity index is 1.92. The van der Waals surface area contributed by atoms with Crippen molar-refractivity contribution in [1.82, 2.24) is 19.1 Å². The molecule has 0 spiro atoms. The maximum absolute atomic E-state index is 13.0. The van der Waals surface area contributed by atoms with E-state index >= 15 is 0 Å². The van der Waals surface area contributed by atoms with Gasteiger partial charge < -0.3 is 9.13 Å². The number of rotatable bonds is 4. The minimum absolute atomic E-state index is 0.0410. The van der Waals surface area contributed by atoms with Gasteiger partial charge >= 0.3 is 0 Å². The van der Waals surface area contributed by atoms with Gasteiger partial charge in [0.2, 0.25) is 0 Å². The number of para-hydroxylation sites is 1. The van der Waals surface area contributed by atoms with Crippen molar-refractivity contribution < 1.29 is 0 Å². The molecule has 4 aromatic rings. The molecule has 3 aromatic heterocycles. The smallest absolute Gasteiger partial charge is 0.261 e. The van der Waals surface area contributed by atoms with Crippen LogP contribution in [0, 0.1) is 0 Å². The molecule has 0 aliphatic rings. The Hall–Kier alpha value is -3.21. The largest absolute Gasteiger partial charge is 0.323 e. The Morgan fingerprint density at radius 3 is 2.62 bits per heavy atom. The topological polar surface area (TPSA) is 52.7 Å². The number of imidazole rings is 1. The highest BCUT2D eigenvalue weighted by atomic mass is 16.1. The van der Waals surface area contributed by atoms with Crippen molar-refractivity contribution in [3.63, 3.8) is 0 Å². The molecule has 26 heavy (non-hydrogen) atoms. The zero-order chi connectivity index (χ0) is 18.1. The molecule has 1 unspecified atom stereocenters. The van der Waals surface area contributed by atoms with Crippen LogP contribution in [0.4, 0.5) is 0 Å². The van der Waals surface area contributed by atoms with Crippen LogP contribution in [-0.2, 0) is 7.05 Å². The van der Waals surface area contributed by atoms with Gasteiger partial charge in [-0.25, -0.2) is 4.98 Å². The summed E-state index contributed by atoms with van der Waals surface area (Å²) >= 11 is 0. The number of aryl methyl sites for hydroxylation is 1. The number of hydrogen-bond acceptors (Lipinski definition) is 3. The Morgan fingerprint density at radius 2 is 1.85 bits per heavy atom. The molecular formula is C21H20N4O. The van der Waals surface area contributed by atoms with Crippen LogP contribution in [0.2, 0.25) is 0 Å². The predicted octanol–water partition coefficient (Wildman–Crippen LogP) is 3.80. The third-order valence-corrected chi connectivity index (χ3v) is 4.86.